The summed E-state index contributed by atoms with van der Waals surface area (Å²) in [6.45, 7) is 3.36. The van der Waals surface area contributed by atoms with Crippen LogP contribution in [0.25, 0.3) is 0 Å². The second kappa shape index (κ2) is 13.1. The van der Waals surface area contributed by atoms with Gasteiger partial charge in [0.2, 0.25) is 10.0 Å². The average Bonchev–Trinajstić information content (AvgIpc) is 3.45. The minimum Gasteiger partial charge on any atom is -0.490 e. The minimum absolute atomic E-state index is 0.0557. The lowest BCUT2D eigenvalue weighted by atomic mass is 9.68. The van der Waals surface area contributed by atoms with Crippen LogP contribution in [0.15, 0.2) is 48.6 Å². The average molecular weight is 671 g/mol. The number of anilines is 1. The fourth-order valence-corrected chi connectivity index (χ4v) is 9.87. The summed E-state index contributed by atoms with van der Waals surface area (Å²) >= 11 is 6.43. The second-order valence-corrected chi connectivity index (χ2v) is 15.9. The van der Waals surface area contributed by atoms with Crippen LogP contribution in [0.4, 0.5) is 5.69 Å². The smallest absolute Gasteiger partial charge is 0.264 e. The van der Waals surface area contributed by atoms with Crippen molar-refractivity contribution in [1.82, 2.24) is 4.72 Å². The lowest BCUT2D eigenvalue weighted by molar-refractivity contribution is -0.0310. The second-order valence-electron chi connectivity index (χ2n) is 13.6. The molecule has 11 heteroatoms. The third kappa shape index (κ3) is 6.19. The van der Waals surface area contributed by atoms with Crippen molar-refractivity contribution in [2.24, 2.45) is 17.8 Å². The van der Waals surface area contributed by atoms with Crippen molar-refractivity contribution < 1.29 is 32.2 Å². The number of carbonyl (C=O) groups excluding carboxylic acids is 1. The molecular formula is C35H43ClN2O7S. The summed E-state index contributed by atoms with van der Waals surface area (Å²) in [6, 6.07) is 11.5. The normalized spacial score (nSPS) is 32.6. The molecule has 6 atom stereocenters. The van der Waals surface area contributed by atoms with E-state index in [1.165, 1.54) is 11.1 Å². The van der Waals surface area contributed by atoms with E-state index in [1.54, 1.807) is 19.2 Å². The highest BCUT2D eigenvalue weighted by atomic mass is 35.5. The number of sulfonamides is 1. The molecule has 248 valence electrons. The van der Waals surface area contributed by atoms with Gasteiger partial charge in [-0.1, -0.05) is 29.8 Å². The van der Waals surface area contributed by atoms with Crippen LogP contribution in [0.2, 0.25) is 5.02 Å². The standard InChI is InChI=1S/C35H43ClN2O7S/c1-42-14-15-44-31-6-2-4-26-19-43-20-33(26)46(40,41)37-34(39)24-8-12-32-30(17-24)38(18-25-7-10-28(25)31)21-35(22-45-32)13-3-5-23-16-27(36)9-11-29(23)35/h2,6,8-9,11-12,16-17,25-26,28,31,33H,3-5,7,10,13-15,18-22H2,1H3,(H,37,39)/b6-2+/t25-,26+,28+,31-,33+,35-/m0/s1. The number of methoxy groups -OCH3 is 1. The Bertz CT molecular complexity index is 1600. The third-order valence-electron chi connectivity index (χ3n) is 10.8. The Morgan fingerprint density at radius 1 is 1.11 bits per heavy atom. The van der Waals surface area contributed by atoms with Crippen LogP contribution in [-0.4, -0.2) is 78.9 Å². The maximum Gasteiger partial charge on any atom is 0.264 e. The summed E-state index contributed by atoms with van der Waals surface area (Å²) in [5.41, 5.74) is 3.38. The first-order valence-corrected chi connectivity index (χ1v) is 18.4. The predicted octanol–water partition coefficient (Wildman–Crippen LogP) is 4.91. The van der Waals surface area contributed by atoms with Crippen molar-refractivity contribution in [1.29, 1.82) is 0 Å². The molecule has 0 aromatic heterocycles. The number of amides is 1. The van der Waals surface area contributed by atoms with Gasteiger partial charge < -0.3 is 23.8 Å². The Morgan fingerprint density at radius 2 is 2.00 bits per heavy atom. The molecule has 3 heterocycles. The van der Waals surface area contributed by atoms with Gasteiger partial charge in [0.25, 0.3) is 5.91 Å². The van der Waals surface area contributed by atoms with E-state index in [0.717, 1.165) is 49.4 Å². The molecule has 2 bridgehead atoms. The number of hydrogen-bond donors (Lipinski definition) is 1. The van der Waals surface area contributed by atoms with Crippen molar-refractivity contribution in [3.05, 3.63) is 70.3 Å². The predicted molar refractivity (Wildman–Crippen MR) is 176 cm³/mol. The number of aryl methyl sites for hydroxylation is 1. The Kier molecular flexibility index (Phi) is 9.10. The lowest BCUT2D eigenvalue weighted by Gasteiger charge is -2.46. The zero-order valence-corrected chi connectivity index (χ0v) is 27.9. The van der Waals surface area contributed by atoms with Crippen molar-refractivity contribution >= 4 is 33.2 Å². The van der Waals surface area contributed by atoms with Gasteiger partial charge in [0.05, 0.1) is 44.8 Å². The van der Waals surface area contributed by atoms with Gasteiger partial charge >= 0.3 is 0 Å². The number of hydrogen-bond acceptors (Lipinski definition) is 8. The number of ether oxygens (including phenoxy) is 4. The van der Waals surface area contributed by atoms with Gasteiger partial charge in [-0.3, -0.25) is 4.79 Å². The monoisotopic (exact) mass is 670 g/mol. The van der Waals surface area contributed by atoms with Crippen LogP contribution >= 0.6 is 11.6 Å². The first-order chi connectivity index (χ1) is 22.3. The fourth-order valence-electron chi connectivity index (χ4n) is 8.17. The van der Waals surface area contributed by atoms with Gasteiger partial charge in [-0.25, -0.2) is 13.1 Å². The van der Waals surface area contributed by atoms with Crippen LogP contribution in [0.1, 0.15) is 53.6 Å². The number of allylic oxidation sites excluding steroid dienone is 1. The topological polar surface area (TPSA) is 103 Å². The molecule has 2 aromatic rings. The number of fused-ring (bicyclic) bond motifs is 5. The van der Waals surface area contributed by atoms with E-state index in [2.05, 4.69) is 27.8 Å². The molecule has 46 heavy (non-hydrogen) atoms. The van der Waals surface area contributed by atoms with Gasteiger partial charge in [0.1, 0.15) is 11.0 Å². The molecule has 5 aliphatic rings. The molecule has 1 saturated carbocycles. The van der Waals surface area contributed by atoms with E-state index in [1.807, 2.05) is 18.2 Å². The van der Waals surface area contributed by atoms with Gasteiger partial charge in [-0.15, -0.1) is 0 Å². The number of nitrogens with zero attached hydrogens (tertiary/aromatic N) is 1. The molecule has 1 saturated heterocycles. The van der Waals surface area contributed by atoms with Crippen LogP contribution in [0.5, 0.6) is 5.75 Å². The molecule has 3 aliphatic heterocycles. The highest BCUT2D eigenvalue weighted by Gasteiger charge is 2.45. The molecule has 0 unspecified atom stereocenters. The lowest BCUT2D eigenvalue weighted by Crippen LogP contribution is -2.49. The summed E-state index contributed by atoms with van der Waals surface area (Å²) in [6.07, 6.45) is 9.67. The SMILES string of the molecule is COCCO[C@H]1/C=C/C[C@@H]2COC[C@H]2S(=O)(=O)NC(=O)c2ccc3c(c2)N(C[C@@H]2CC[C@H]21)C[C@@]1(CCCc2cc(Cl)ccc21)CO3. The molecule has 1 amide bonds. The summed E-state index contributed by atoms with van der Waals surface area (Å²) in [4.78, 5) is 15.9. The Labute approximate surface area is 276 Å². The van der Waals surface area contributed by atoms with Crippen molar-refractivity contribution in [3.8, 4) is 5.75 Å². The Balaban J connectivity index is 1.29. The molecule has 2 aliphatic carbocycles. The number of rotatable bonds is 4. The van der Waals surface area contributed by atoms with E-state index in [-0.39, 0.29) is 29.6 Å². The molecule has 1 N–H and O–H groups in total. The van der Waals surface area contributed by atoms with Gasteiger partial charge in [-0.05, 0) is 91.8 Å². The highest BCUT2D eigenvalue weighted by molar-refractivity contribution is 7.90. The van der Waals surface area contributed by atoms with Gasteiger partial charge in [0.15, 0.2) is 0 Å². The van der Waals surface area contributed by atoms with E-state index in [0.29, 0.717) is 57.0 Å². The van der Waals surface area contributed by atoms with Crippen LogP contribution in [0, 0.1) is 17.8 Å². The third-order valence-corrected chi connectivity index (χ3v) is 12.8. The largest absolute Gasteiger partial charge is 0.490 e. The molecule has 0 radical (unpaired) electrons. The zero-order valence-electron chi connectivity index (χ0n) is 26.3. The van der Waals surface area contributed by atoms with E-state index >= 15 is 0 Å². The summed E-state index contributed by atoms with van der Waals surface area (Å²) in [5.74, 6) is 0.466. The first kappa shape index (κ1) is 31.9. The van der Waals surface area contributed by atoms with Crippen LogP contribution in [-0.2, 0) is 36.1 Å². The Hall–Kier alpha value is -2.63. The summed E-state index contributed by atoms with van der Waals surface area (Å²) < 4.78 is 53.3. The summed E-state index contributed by atoms with van der Waals surface area (Å²) in [7, 11) is -2.32. The molecule has 7 rings (SSSR count). The molecular weight excluding hydrogens is 628 g/mol. The molecule has 2 fully saturated rings. The fraction of sp³-hybridized carbons (Fsp3) is 0.571. The minimum atomic E-state index is -3.99. The maximum absolute atomic E-state index is 13.5. The van der Waals surface area contributed by atoms with Gasteiger partial charge in [0, 0.05) is 42.1 Å². The molecule has 1 spiro atoms. The van der Waals surface area contributed by atoms with Crippen LogP contribution in [0.3, 0.4) is 0 Å². The first-order valence-electron chi connectivity index (χ1n) is 16.5. The number of carbonyl (C=O) groups is 1. The summed E-state index contributed by atoms with van der Waals surface area (Å²) in [5, 5.41) is -0.0803. The number of halogens is 1. The molecule has 9 nitrogen and oxygen atoms in total. The van der Waals surface area contributed by atoms with Crippen molar-refractivity contribution in [3.63, 3.8) is 0 Å². The Morgan fingerprint density at radius 3 is 2.83 bits per heavy atom. The van der Waals surface area contributed by atoms with Crippen LogP contribution < -0.4 is 14.4 Å². The molecule has 2 aromatic carbocycles. The number of benzene rings is 2. The van der Waals surface area contributed by atoms with E-state index in [9.17, 15) is 13.2 Å². The zero-order chi connectivity index (χ0) is 31.9. The van der Waals surface area contributed by atoms with Crippen molar-refractivity contribution in [2.75, 3.05) is 58.1 Å². The van der Waals surface area contributed by atoms with Crippen molar-refractivity contribution in [2.45, 2.75) is 55.3 Å². The van der Waals surface area contributed by atoms with Gasteiger partial charge in [-0.2, -0.15) is 0 Å². The van der Waals surface area contributed by atoms with E-state index in [4.69, 9.17) is 30.5 Å². The van der Waals surface area contributed by atoms with E-state index < -0.39 is 21.2 Å². The maximum atomic E-state index is 13.5. The number of nitrogens with one attached hydrogen (secondary N) is 1. The highest BCUT2D eigenvalue weighted by Crippen LogP contribution is 2.47. The quantitative estimate of drug-likeness (QED) is 0.362.